The van der Waals surface area contributed by atoms with Crippen LogP contribution < -0.4 is 9.62 Å². The van der Waals surface area contributed by atoms with Crippen molar-refractivity contribution in [1.29, 1.82) is 0 Å². The number of aryl methyl sites for hydroxylation is 1. The van der Waals surface area contributed by atoms with E-state index in [0.717, 1.165) is 33.8 Å². The van der Waals surface area contributed by atoms with Gasteiger partial charge in [0.05, 0.1) is 11.9 Å². The smallest absolute Gasteiger partial charge is 0.244 e. The van der Waals surface area contributed by atoms with Crippen LogP contribution in [0, 0.1) is 12.7 Å². The molecule has 0 aliphatic rings. The van der Waals surface area contributed by atoms with Crippen LogP contribution in [0.4, 0.5) is 10.1 Å². The molecule has 0 radical (unpaired) electrons. The monoisotopic (exact) mass is 435 g/mol. The Morgan fingerprint density at radius 1 is 1.10 bits per heavy atom. The van der Waals surface area contributed by atoms with E-state index in [2.05, 4.69) is 5.32 Å². The molecule has 1 atom stereocenters. The second kappa shape index (κ2) is 9.71. The Morgan fingerprint density at radius 3 is 2.23 bits per heavy atom. The van der Waals surface area contributed by atoms with E-state index < -0.39 is 34.3 Å². The van der Waals surface area contributed by atoms with Gasteiger partial charge in [0.25, 0.3) is 0 Å². The number of hydrogen-bond donors (Lipinski definition) is 1. The van der Waals surface area contributed by atoms with E-state index in [4.69, 9.17) is 0 Å². The van der Waals surface area contributed by atoms with Gasteiger partial charge in [-0.25, -0.2) is 12.8 Å². The summed E-state index contributed by atoms with van der Waals surface area (Å²) in [6.07, 6.45) is 0.970. The summed E-state index contributed by atoms with van der Waals surface area (Å²) in [6.45, 7) is 3.10. The summed E-state index contributed by atoms with van der Waals surface area (Å²) in [5.41, 5.74) is 1.95. The second-order valence-corrected chi connectivity index (χ2v) is 8.89. The molecule has 2 amide bonds. The number of anilines is 1. The number of carbonyl (C=O) groups excluding carboxylic acids is 2. The Hall–Kier alpha value is -2.94. The van der Waals surface area contributed by atoms with Crippen molar-refractivity contribution in [3.63, 3.8) is 0 Å². The molecule has 0 aliphatic carbocycles. The van der Waals surface area contributed by atoms with Crippen molar-refractivity contribution in [2.45, 2.75) is 26.4 Å². The number of rotatable bonds is 8. The van der Waals surface area contributed by atoms with E-state index in [9.17, 15) is 22.4 Å². The van der Waals surface area contributed by atoms with Gasteiger partial charge in [-0.3, -0.25) is 13.9 Å². The summed E-state index contributed by atoms with van der Waals surface area (Å²) in [5.74, 6) is -1.44. The molecule has 1 unspecified atom stereocenters. The molecular weight excluding hydrogens is 409 g/mol. The molecule has 9 heteroatoms. The summed E-state index contributed by atoms with van der Waals surface area (Å²) in [4.78, 5) is 26.8. The van der Waals surface area contributed by atoms with Gasteiger partial charge in [0.1, 0.15) is 18.4 Å². The SMILES string of the molecule is CNC(=O)C(C)N(Cc1ccccc1C)C(=O)CN(c1ccc(F)cc1)S(C)(=O)=O. The van der Waals surface area contributed by atoms with Crippen molar-refractivity contribution in [2.24, 2.45) is 0 Å². The first kappa shape index (κ1) is 23.3. The molecule has 2 aromatic carbocycles. The number of amides is 2. The van der Waals surface area contributed by atoms with Crippen molar-refractivity contribution in [3.8, 4) is 0 Å². The number of carbonyl (C=O) groups is 2. The molecule has 30 heavy (non-hydrogen) atoms. The number of hydrogen-bond acceptors (Lipinski definition) is 4. The predicted octanol–water partition coefficient (Wildman–Crippen LogP) is 2.06. The molecule has 0 aromatic heterocycles. The topological polar surface area (TPSA) is 86.8 Å². The molecule has 0 bridgehead atoms. The largest absolute Gasteiger partial charge is 0.357 e. The van der Waals surface area contributed by atoms with Gasteiger partial charge in [-0.15, -0.1) is 0 Å². The third kappa shape index (κ3) is 5.79. The highest BCUT2D eigenvalue weighted by Gasteiger charge is 2.29. The van der Waals surface area contributed by atoms with Crippen LogP contribution in [0.3, 0.4) is 0 Å². The predicted molar refractivity (Wildman–Crippen MR) is 114 cm³/mol. The van der Waals surface area contributed by atoms with Gasteiger partial charge in [0.2, 0.25) is 21.8 Å². The highest BCUT2D eigenvalue weighted by molar-refractivity contribution is 7.92. The van der Waals surface area contributed by atoms with Crippen LogP contribution in [0.15, 0.2) is 48.5 Å². The van der Waals surface area contributed by atoms with Crippen molar-refractivity contribution in [1.82, 2.24) is 10.2 Å². The zero-order chi connectivity index (χ0) is 22.5. The first-order valence-electron chi connectivity index (χ1n) is 9.33. The summed E-state index contributed by atoms with van der Waals surface area (Å²) < 4.78 is 38.8. The van der Waals surface area contributed by atoms with Crippen LogP contribution in [0.1, 0.15) is 18.1 Å². The Kier molecular flexibility index (Phi) is 7.55. The molecule has 7 nitrogen and oxygen atoms in total. The maximum Gasteiger partial charge on any atom is 0.244 e. The summed E-state index contributed by atoms with van der Waals surface area (Å²) >= 11 is 0. The number of sulfonamides is 1. The average molecular weight is 436 g/mol. The van der Waals surface area contributed by atoms with Gasteiger partial charge in [-0.1, -0.05) is 24.3 Å². The van der Waals surface area contributed by atoms with E-state index in [1.165, 1.54) is 24.1 Å². The molecule has 0 fully saturated rings. The minimum Gasteiger partial charge on any atom is -0.357 e. The molecule has 2 aromatic rings. The number of nitrogens with zero attached hydrogens (tertiary/aromatic N) is 2. The lowest BCUT2D eigenvalue weighted by Gasteiger charge is -2.31. The normalized spacial score (nSPS) is 12.2. The van der Waals surface area contributed by atoms with Crippen molar-refractivity contribution in [2.75, 3.05) is 24.2 Å². The first-order chi connectivity index (χ1) is 14.0. The van der Waals surface area contributed by atoms with Crippen LogP contribution in [0.2, 0.25) is 0 Å². The van der Waals surface area contributed by atoms with Gasteiger partial charge in [-0.2, -0.15) is 0 Å². The Labute approximate surface area is 176 Å². The lowest BCUT2D eigenvalue weighted by atomic mass is 10.1. The van der Waals surface area contributed by atoms with Crippen LogP contribution in [0.5, 0.6) is 0 Å². The van der Waals surface area contributed by atoms with E-state index in [1.54, 1.807) is 6.92 Å². The molecule has 2 rings (SSSR count). The lowest BCUT2D eigenvalue weighted by molar-refractivity contribution is -0.139. The fraction of sp³-hybridized carbons (Fsp3) is 0.333. The standard InChI is InChI=1S/C21H26FN3O4S/c1-15-7-5-6-8-17(15)13-24(16(2)21(27)23-3)20(26)14-25(30(4,28)29)19-11-9-18(22)10-12-19/h5-12,16H,13-14H2,1-4H3,(H,23,27). The summed E-state index contributed by atoms with van der Waals surface area (Å²) in [6, 6.07) is 11.4. The average Bonchev–Trinajstić information content (AvgIpc) is 2.70. The zero-order valence-corrected chi connectivity index (χ0v) is 18.2. The molecule has 0 aliphatic heterocycles. The first-order valence-corrected chi connectivity index (χ1v) is 11.2. The van der Waals surface area contributed by atoms with E-state index in [-0.39, 0.29) is 18.1 Å². The van der Waals surface area contributed by atoms with E-state index in [0.29, 0.717) is 0 Å². The molecular formula is C21H26FN3O4S. The number of nitrogens with one attached hydrogen (secondary N) is 1. The number of likely N-dealkylation sites (N-methyl/N-ethyl adjacent to an activating group) is 1. The minimum atomic E-state index is -3.83. The third-order valence-corrected chi connectivity index (χ3v) is 5.95. The Balaban J connectivity index is 2.38. The fourth-order valence-electron chi connectivity index (χ4n) is 2.98. The van der Waals surface area contributed by atoms with Gasteiger partial charge >= 0.3 is 0 Å². The molecule has 0 saturated carbocycles. The minimum absolute atomic E-state index is 0.140. The van der Waals surface area contributed by atoms with Gasteiger partial charge in [0, 0.05) is 13.6 Å². The summed E-state index contributed by atoms with van der Waals surface area (Å²) in [7, 11) is -2.36. The van der Waals surface area contributed by atoms with Crippen molar-refractivity contribution in [3.05, 3.63) is 65.5 Å². The third-order valence-electron chi connectivity index (χ3n) is 4.81. The van der Waals surface area contributed by atoms with Gasteiger partial charge < -0.3 is 10.2 Å². The quantitative estimate of drug-likeness (QED) is 0.688. The molecule has 162 valence electrons. The highest BCUT2D eigenvalue weighted by Crippen LogP contribution is 2.20. The lowest BCUT2D eigenvalue weighted by Crippen LogP contribution is -2.50. The van der Waals surface area contributed by atoms with Crippen LogP contribution in [-0.4, -0.2) is 51.0 Å². The van der Waals surface area contributed by atoms with Crippen molar-refractivity contribution < 1.29 is 22.4 Å². The molecule has 0 spiro atoms. The van der Waals surface area contributed by atoms with E-state index >= 15 is 0 Å². The van der Waals surface area contributed by atoms with Crippen LogP contribution in [-0.2, 0) is 26.2 Å². The molecule has 0 saturated heterocycles. The maximum absolute atomic E-state index is 13.3. The maximum atomic E-state index is 13.3. The second-order valence-electron chi connectivity index (χ2n) is 6.98. The Morgan fingerprint density at radius 2 is 1.70 bits per heavy atom. The molecule has 0 heterocycles. The van der Waals surface area contributed by atoms with Gasteiger partial charge in [0.15, 0.2) is 0 Å². The fourth-order valence-corrected chi connectivity index (χ4v) is 3.83. The van der Waals surface area contributed by atoms with Crippen LogP contribution >= 0.6 is 0 Å². The summed E-state index contributed by atoms with van der Waals surface area (Å²) in [5, 5.41) is 2.52. The molecule has 1 N–H and O–H groups in total. The number of benzene rings is 2. The van der Waals surface area contributed by atoms with Crippen LogP contribution in [0.25, 0.3) is 0 Å². The van der Waals surface area contributed by atoms with Crippen molar-refractivity contribution >= 4 is 27.5 Å². The zero-order valence-electron chi connectivity index (χ0n) is 17.4. The Bertz CT molecular complexity index is 1010. The van der Waals surface area contributed by atoms with E-state index in [1.807, 2.05) is 31.2 Å². The highest BCUT2D eigenvalue weighted by atomic mass is 32.2. The number of halogens is 1. The van der Waals surface area contributed by atoms with Gasteiger partial charge in [-0.05, 0) is 49.2 Å².